The molecule has 1 atom stereocenters. The molecule has 198 valence electrons. The van der Waals surface area contributed by atoms with Gasteiger partial charge in [0.05, 0.1) is 29.2 Å². The number of alkyl halides is 6. The number of rotatable bonds is 8. The number of carboxylic acids is 1. The molecule has 0 radical (unpaired) electrons. The van der Waals surface area contributed by atoms with Gasteiger partial charge in [-0.25, -0.2) is 4.79 Å². The largest absolute Gasteiger partial charge is 0.478 e. The van der Waals surface area contributed by atoms with Crippen molar-refractivity contribution in [2.45, 2.75) is 52.4 Å². The summed E-state index contributed by atoms with van der Waals surface area (Å²) in [5, 5.41) is 8.86. The number of furan rings is 1. The first-order chi connectivity index (χ1) is 16.8. The molecule has 1 N–H and O–H groups in total. The Morgan fingerprint density at radius 1 is 1.08 bits per heavy atom. The van der Waals surface area contributed by atoms with Crippen LogP contribution in [0.3, 0.4) is 0 Å². The van der Waals surface area contributed by atoms with Crippen LogP contribution in [0.15, 0.2) is 64.4 Å². The molecule has 1 heterocycles. The predicted octanol–water partition coefficient (Wildman–Crippen LogP) is 8.29. The van der Waals surface area contributed by atoms with Gasteiger partial charge in [0.15, 0.2) is 0 Å². The second kappa shape index (κ2) is 13.7. The molecule has 36 heavy (non-hydrogen) atoms. The summed E-state index contributed by atoms with van der Waals surface area (Å²) in [4.78, 5) is 14.7. The van der Waals surface area contributed by atoms with Crippen molar-refractivity contribution in [2.75, 3.05) is 7.05 Å². The predicted molar refractivity (Wildman–Crippen MR) is 127 cm³/mol. The van der Waals surface area contributed by atoms with Crippen LogP contribution in [0.4, 0.5) is 26.3 Å². The molecule has 1 aromatic heterocycles. The number of carbonyl (C=O) groups is 1. The van der Waals surface area contributed by atoms with Crippen molar-refractivity contribution < 1.29 is 40.7 Å². The van der Waals surface area contributed by atoms with Gasteiger partial charge in [0.1, 0.15) is 0 Å². The number of benzene rings is 1. The van der Waals surface area contributed by atoms with E-state index in [1.54, 1.807) is 38.1 Å². The van der Waals surface area contributed by atoms with Crippen molar-refractivity contribution in [3.05, 3.63) is 77.3 Å². The van der Waals surface area contributed by atoms with Crippen LogP contribution in [0, 0.1) is 5.92 Å². The minimum Gasteiger partial charge on any atom is -0.478 e. The summed E-state index contributed by atoms with van der Waals surface area (Å²) in [7, 11) is 1.36. The van der Waals surface area contributed by atoms with E-state index in [9.17, 15) is 31.1 Å². The maximum Gasteiger partial charge on any atom is 0.416 e. The van der Waals surface area contributed by atoms with Gasteiger partial charge in [-0.1, -0.05) is 38.5 Å². The van der Waals surface area contributed by atoms with E-state index in [-0.39, 0.29) is 23.3 Å². The molecule has 0 aliphatic heterocycles. The lowest BCUT2D eigenvalue weighted by Gasteiger charge is -2.18. The van der Waals surface area contributed by atoms with E-state index in [4.69, 9.17) is 9.52 Å². The van der Waals surface area contributed by atoms with Crippen molar-refractivity contribution in [3.8, 4) is 0 Å². The van der Waals surface area contributed by atoms with E-state index in [1.165, 1.54) is 19.6 Å². The zero-order chi connectivity index (χ0) is 27.5. The number of aliphatic imine (C=N–C) groups is 1. The fourth-order valence-electron chi connectivity index (χ4n) is 3.22. The molecule has 10 heteroatoms. The van der Waals surface area contributed by atoms with Gasteiger partial charge < -0.3 is 9.52 Å². The first-order valence-electron chi connectivity index (χ1n) is 11.1. The molecule has 0 spiro atoms. The highest BCUT2D eigenvalue weighted by Gasteiger charge is 2.37. The molecule has 2 aromatic rings. The number of carboxylic acid groups (broad SMARTS) is 1. The third-order valence-corrected chi connectivity index (χ3v) is 5.02. The van der Waals surface area contributed by atoms with Crippen molar-refractivity contribution in [1.82, 2.24) is 0 Å². The minimum atomic E-state index is -4.86. The van der Waals surface area contributed by atoms with Gasteiger partial charge in [-0.2, -0.15) is 26.3 Å². The maximum absolute atomic E-state index is 12.9. The summed E-state index contributed by atoms with van der Waals surface area (Å²) >= 11 is 0. The zero-order valence-corrected chi connectivity index (χ0v) is 20.4. The normalized spacial score (nSPS) is 13.9. The molecule has 0 aliphatic carbocycles. The molecule has 0 bridgehead atoms. The van der Waals surface area contributed by atoms with E-state index in [2.05, 4.69) is 4.99 Å². The molecule has 0 aliphatic rings. The van der Waals surface area contributed by atoms with Crippen LogP contribution >= 0.6 is 0 Å². The Bertz CT molecular complexity index is 1030. The second-order valence-electron chi connectivity index (χ2n) is 7.83. The highest BCUT2D eigenvalue weighted by Crippen LogP contribution is 2.37. The van der Waals surface area contributed by atoms with Crippen LogP contribution in [0.5, 0.6) is 0 Å². The standard InChI is InChI=1S/C16H17F6N.C10H12O3/c1-4-5-6-10(2)14(23-3)11-7-12(15(17,18)19)9-13(8-11)16(20,21)22;1-2-3-4-9(10(11)12)8-5-6-13-7-8/h4-5,7-10H,6H2,1-3H3;4-7H,2-3H2,1H3,(H,11,12)/b5-4+,23-14?;9-4+. The lowest BCUT2D eigenvalue weighted by Crippen LogP contribution is -2.17. The van der Waals surface area contributed by atoms with Gasteiger partial charge in [0.2, 0.25) is 0 Å². The number of hydrogen-bond acceptors (Lipinski definition) is 3. The molecule has 0 fully saturated rings. The van der Waals surface area contributed by atoms with Gasteiger partial charge in [0, 0.05) is 24.2 Å². The van der Waals surface area contributed by atoms with Crippen molar-refractivity contribution in [2.24, 2.45) is 10.9 Å². The summed E-state index contributed by atoms with van der Waals surface area (Å²) < 4.78 is 82.2. The average molecular weight is 518 g/mol. The Hall–Kier alpha value is -3.30. The van der Waals surface area contributed by atoms with Crippen molar-refractivity contribution in [3.63, 3.8) is 0 Å². The molecule has 2 rings (SSSR count). The SMILES string of the molecule is C/C=C/CC(C)C(=NC)c1cc(C(F)(F)F)cc(C(F)(F)F)c1.CCC/C=C(/C(=O)O)c1ccoc1. The van der Waals surface area contributed by atoms with Crippen molar-refractivity contribution >= 4 is 17.3 Å². The van der Waals surface area contributed by atoms with Crippen LogP contribution in [-0.2, 0) is 17.1 Å². The maximum atomic E-state index is 12.9. The Labute approximate surface area is 206 Å². The number of aliphatic carboxylic acids is 1. The van der Waals surface area contributed by atoms with Gasteiger partial charge in [-0.15, -0.1) is 0 Å². The Kier molecular flexibility index (Phi) is 11.7. The number of hydrogen-bond donors (Lipinski definition) is 1. The lowest BCUT2D eigenvalue weighted by atomic mass is 9.92. The fourth-order valence-corrected chi connectivity index (χ4v) is 3.22. The third kappa shape index (κ3) is 9.39. The van der Waals surface area contributed by atoms with Gasteiger partial charge in [-0.05, 0) is 49.6 Å². The molecular formula is C26H29F6NO3. The van der Waals surface area contributed by atoms with Crippen LogP contribution in [-0.4, -0.2) is 23.8 Å². The molecule has 4 nitrogen and oxygen atoms in total. The van der Waals surface area contributed by atoms with Gasteiger partial charge in [0.25, 0.3) is 0 Å². The quantitative estimate of drug-likeness (QED) is 0.166. The van der Waals surface area contributed by atoms with Crippen LogP contribution in [0.1, 0.15) is 62.3 Å². The number of nitrogens with zero attached hydrogens (tertiary/aromatic N) is 1. The monoisotopic (exact) mass is 517 g/mol. The van der Waals surface area contributed by atoms with E-state index in [0.717, 1.165) is 12.8 Å². The molecule has 0 saturated carbocycles. The fraction of sp³-hybridized carbons (Fsp3) is 0.385. The van der Waals surface area contributed by atoms with Crippen molar-refractivity contribution in [1.29, 1.82) is 0 Å². The Balaban J connectivity index is 0.000000420. The number of allylic oxidation sites excluding steroid dienone is 3. The van der Waals surface area contributed by atoms with Crippen LogP contribution in [0.2, 0.25) is 0 Å². The Morgan fingerprint density at radius 3 is 2.06 bits per heavy atom. The summed E-state index contributed by atoms with van der Waals surface area (Å²) in [6.07, 6.45) is 0.636. The summed E-state index contributed by atoms with van der Waals surface area (Å²) in [6.45, 7) is 5.49. The highest BCUT2D eigenvalue weighted by molar-refractivity contribution is 6.15. The summed E-state index contributed by atoms with van der Waals surface area (Å²) in [5.41, 5.74) is -1.67. The first kappa shape index (κ1) is 30.7. The highest BCUT2D eigenvalue weighted by atomic mass is 19.4. The summed E-state index contributed by atoms with van der Waals surface area (Å²) in [6, 6.07) is 3.19. The molecule has 1 unspecified atom stereocenters. The molecule has 1 aromatic carbocycles. The number of halogens is 6. The first-order valence-corrected chi connectivity index (χ1v) is 11.1. The zero-order valence-electron chi connectivity index (χ0n) is 20.4. The average Bonchev–Trinajstić information content (AvgIpc) is 3.32. The number of unbranched alkanes of at least 4 members (excludes halogenated alkanes) is 1. The molecular weight excluding hydrogens is 488 g/mol. The van der Waals surface area contributed by atoms with Crippen LogP contribution < -0.4 is 0 Å². The van der Waals surface area contributed by atoms with Gasteiger partial charge >= 0.3 is 18.3 Å². The lowest BCUT2D eigenvalue weighted by molar-refractivity contribution is -0.143. The Morgan fingerprint density at radius 2 is 1.67 bits per heavy atom. The van der Waals surface area contributed by atoms with Gasteiger partial charge in [-0.3, -0.25) is 4.99 Å². The van der Waals surface area contributed by atoms with Crippen LogP contribution in [0.25, 0.3) is 5.57 Å². The third-order valence-electron chi connectivity index (χ3n) is 5.02. The van der Waals surface area contributed by atoms with E-state index in [0.29, 0.717) is 29.7 Å². The smallest absolute Gasteiger partial charge is 0.416 e. The minimum absolute atomic E-state index is 0.118. The molecule has 0 saturated heterocycles. The molecule has 0 amide bonds. The van der Waals surface area contributed by atoms with E-state index < -0.39 is 29.4 Å². The topological polar surface area (TPSA) is 62.8 Å². The summed E-state index contributed by atoms with van der Waals surface area (Å²) in [5.74, 6) is -1.21. The van der Waals surface area contributed by atoms with E-state index in [1.807, 2.05) is 6.92 Å². The second-order valence-corrected chi connectivity index (χ2v) is 7.83. The van der Waals surface area contributed by atoms with E-state index >= 15 is 0 Å².